The van der Waals surface area contributed by atoms with Gasteiger partial charge in [0, 0.05) is 6.42 Å². The highest BCUT2D eigenvalue weighted by Gasteiger charge is 2.13. The van der Waals surface area contributed by atoms with Gasteiger partial charge in [0.15, 0.2) is 0 Å². The van der Waals surface area contributed by atoms with Gasteiger partial charge in [-0.2, -0.15) is 0 Å². The molecule has 1 unspecified atom stereocenters. The molecular formula is C15H22O2. The molecule has 2 heteroatoms. The van der Waals surface area contributed by atoms with Crippen molar-refractivity contribution in [2.24, 2.45) is 0 Å². The van der Waals surface area contributed by atoms with E-state index < -0.39 is 0 Å². The van der Waals surface area contributed by atoms with Crippen molar-refractivity contribution in [3.8, 4) is 0 Å². The van der Waals surface area contributed by atoms with Crippen molar-refractivity contribution in [2.75, 3.05) is 7.11 Å². The van der Waals surface area contributed by atoms with Gasteiger partial charge in [-0.1, -0.05) is 50.1 Å². The Bertz CT molecular complexity index is 319. The molecule has 1 rings (SSSR count). The summed E-state index contributed by atoms with van der Waals surface area (Å²) in [5.41, 5.74) is 1.34. The van der Waals surface area contributed by atoms with Crippen molar-refractivity contribution in [3.63, 3.8) is 0 Å². The minimum atomic E-state index is -0.109. The Morgan fingerprint density at radius 2 is 1.94 bits per heavy atom. The summed E-state index contributed by atoms with van der Waals surface area (Å²) < 4.78 is 4.70. The van der Waals surface area contributed by atoms with Crippen LogP contribution in [0, 0.1) is 0 Å². The van der Waals surface area contributed by atoms with Crippen molar-refractivity contribution in [1.82, 2.24) is 0 Å². The topological polar surface area (TPSA) is 26.3 Å². The molecule has 0 spiro atoms. The number of benzene rings is 1. The first-order valence-corrected chi connectivity index (χ1v) is 6.39. The number of ether oxygens (including phenoxy) is 1. The van der Waals surface area contributed by atoms with Gasteiger partial charge in [0.1, 0.15) is 0 Å². The molecule has 0 aliphatic rings. The lowest BCUT2D eigenvalue weighted by molar-refractivity contribution is -0.140. The molecule has 0 aromatic heterocycles. The Balaban J connectivity index is 2.57. The highest BCUT2D eigenvalue weighted by Crippen LogP contribution is 2.26. The van der Waals surface area contributed by atoms with E-state index in [0.29, 0.717) is 12.3 Å². The third-order valence-corrected chi connectivity index (χ3v) is 3.10. The third kappa shape index (κ3) is 5.03. The first-order chi connectivity index (χ1) is 8.27. The lowest BCUT2D eigenvalue weighted by Gasteiger charge is -2.16. The fourth-order valence-corrected chi connectivity index (χ4v) is 2.05. The number of carbonyl (C=O) groups is 1. The Hall–Kier alpha value is -1.31. The van der Waals surface area contributed by atoms with Crippen LogP contribution in [0.15, 0.2) is 30.3 Å². The maximum Gasteiger partial charge on any atom is 0.305 e. The average molecular weight is 234 g/mol. The van der Waals surface area contributed by atoms with Gasteiger partial charge < -0.3 is 4.74 Å². The molecule has 0 bridgehead atoms. The summed E-state index contributed by atoms with van der Waals surface area (Å²) in [5.74, 6) is 0.373. The lowest BCUT2D eigenvalue weighted by atomic mass is 9.89. The van der Waals surface area contributed by atoms with Crippen LogP contribution in [0.2, 0.25) is 0 Å². The second-order valence-electron chi connectivity index (χ2n) is 4.36. The van der Waals surface area contributed by atoms with Crippen LogP contribution in [-0.2, 0) is 9.53 Å². The first kappa shape index (κ1) is 13.8. The normalized spacial score (nSPS) is 12.1. The van der Waals surface area contributed by atoms with E-state index in [1.807, 2.05) is 6.07 Å². The molecule has 1 aromatic carbocycles. The van der Waals surface area contributed by atoms with Crippen LogP contribution in [-0.4, -0.2) is 13.1 Å². The predicted molar refractivity (Wildman–Crippen MR) is 70.0 cm³/mol. The molecule has 0 radical (unpaired) electrons. The van der Waals surface area contributed by atoms with Crippen LogP contribution >= 0.6 is 0 Å². The molecule has 0 N–H and O–H groups in total. The Morgan fingerprint density at radius 1 is 1.24 bits per heavy atom. The van der Waals surface area contributed by atoms with Crippen molar-refractivity contribution in [2.45, 2.75) is 44.9 Å². The van der Waals surface area contributed by atoms with Gasteiger partial charge in [-0.15, -0.1) is 0 Å². The van der Waals surface area contributed by atoms with Crippen molar-refractivity contribution >= 4 is 5.97 Å². The Kier molecular flexibility index (Phi) is 6.38. The van der Waals surface area contributed by atoms with E-state index in [1.54, 1.807) is 0 Å². The summed E-state index contributed by atoms with van der Waals surface area (Å²) in [6.07, 6.45) is 4.95. The van der Waals surface area contributed by atoms with E-state index in [-0.39, 0.29) is 5.97 Å². The summed E-state index contributed by atoms with van der Waals surface area (Å²) in [4.78, 5) is 11.2. The quantitative estimate of drug-likeness (QED) is 0.668. The molecule has 1 atom stereocenters. The van der Waals surface area contributed by atoms with Crippen LogP contribution in [0.3, 0.4) is 0 Å². The molecule has 0 aliphatic heterocycles. The molecule has 0 saturated heterocycles. The second kappa shape index (κ2) is 7.88. The highest BCUT2D eigenvalue weighted by atomic mass is 16.5. The van der Waals surface area contributed by atoms with E-state index >= 15 is 0 Å². The largest absolute Gasteiger partial charge is 0.469 e. The predicted octanol–water partition coefficient (Wildman–Crippen LogP) is 3.91. The average Bonchev–Trinajstić information content (AvgIpc) is 2.39. The first-order valence-electron chi connectivity index (χ1n) is 6.39. The summed E-state index contributed by atoms with van der Waals surface area (Å²) in [6, 6.07) is 10.5. The standard InChI is InChI=1S/C15H22O2/c1-3-4-8-14(11-12-15(16)17-2)13-9-6-5-7-10-13/h5-7,9-10,14H,3-4,8,11-12H2,1-2H3. The Labute approximate surface area is 104 Å². The molecule has 0 fully saturated rings. The van der Waals surface area contributed by atoms with Crippen LogP contribution in [0.5, 0.6) is 0 Å². The number of esters is 1. The van der Waals surface area contributed by atoms with Crippen LogP contribution < -0.4 is 0 Å². The van der Waals surface area contributed by atoms with Crippen LogP contribution in [0.1, 0.15) is 50.5 Å². The van der Waals surface area contributed by atoms with Crippen LogP contribution in [0.25, 0.3) is 0 Å². The van der Waals surface area contributed by atoms with E-state index in [4.69, 9.17) is 4.74 Å². The summed E-state index contributed by atoms with van der Waals surface area (Å²) in [5, 5.41) is 0. The lowest BCUT2D eigenvalue weighted by Crippen LogP contribution is -2.05. The van der Waals surface area contributed by atoms with Crippen LogP contribution in [0.4, 0.5) is 0 Å². The third-order valence-electron chi connectivity index (χ3n) is 3.10. The van der Waals surface area contributed by atoms with Gasteiger partial charge >= 0.3 is 5.97 Å². The van der Waals surface area contributed by atoms with Gasteiger partial charge in [0.2, 0.25) is 0 Å². The summed E-state index contributed by atoms with van der Waals surface area (Å²) in [6.45, 7) is 2.20. The fraction of sp³-hybridized carbons (Fsp3) is 0.533. The number of carbonyl (C=O) groups excluding carboxylic acids is 1. The molecule has 17 heavy (non-hydrogen) atoms. The Morgan fingerprint density at radius 3 is 2.53 bits per heavy atom. The SMILES string of the molecule is CCCCC(CCC(=O)OC)c1ccccc1. The van der Waals surface area contributed by atoms with Gasteiger partial charge in [-0.05, 0) is 24.3 Å². The summed E-state index contributed by atoms with van der Waals surface area (Å²) in [7, 11) is 1.45. The zero-order valence-electron chi connectivity index (χ0n) is 10.8. The molecule has 1 aromatic rings. The van der Waals surface area contributed by atoms with Crippen molar-refractivity contribution < 1.29 is 9.53 Å². The maximum atomic E-state index is 11.2. The van der Waals surface area contributed by atoms with Gasteiger partial charge in [0.05, 0.1) is 7.11 Å². The molecule has 0 saturated carbocycles. The molecule has 0 aliphatic carbocycles. The number of rotatable bonds is 7. The van der Waals surface area contributed by atoms with Gasteiger partial charge in [0.25, 0.3) is 0 Å². The smallest absolute Gasteiger partial charge is 0.305 e. The molecule has 0 amide bonds. The molecule has 2 nitrogen and oxygen atoms in total. The van der Waals surface area contributed by atoms with Gasteiger partial charge in [-0.3, -0.25) is 4.79 Å². The number of methoxy groups -OCH3 is 1. The second-order valence-corrected chi connectivity index (χ2v) is 4.36. The number of unbranched alkanes of at least 4 members (excludes halogenated alkanes) is 1. The zero-order chi connectivity index (χ0) is 12.5. The van der Waals surface area contributed by atoms with Gasteiger partial charge in [-0.25, -0.2) is 0 Å². The highest BCUT2D eigenvalue weighted by molar-refractivity contribution is 5.69. The monoisotopic (exact) mass is 234 g/mol. The van der Waals surface area contributed by atoms with Crippen molar-refractivity contribution in [3.05, 3.63) is 35.9 Å². The van der Waals surface area contributed by atoms with E-state index in [1.165, 1.54) is 25.5 Å². The van der Waals surface area contributed by atoms with E-state index in [9.17, 15) is 4.79 Å². The van der Waals surface area contributed by atoms with Crippen molar-refractivity contribution in [1.29, 1.82) is 0 Å². The number of hydrogen-bond donors (Lipinski definition) is 0. The minimum absolute atomic E-state index is 0.109. The zero-order valence-corrected chi connectivity index (χ0v) is 10.8. The fourth-order valence-electron chi connectivity index (χ4n) is 2.05. The molecule has 94 valence electrons. The summed E-state index contributed by atoms with van der Waals surface area (Å²) >= 11 is 0. The van der Waals surface area contributed by atoms with E-state index in [0.717, 1.165) is 12.8 Å². The maximum absolute atomic E-state index is 11.2. The molecule has 0 heterocycles. The molecular weight excluding hydrogens is 212 g/mol. The minimum Gasteiger partial charge on any atom is -0.469 e. The van der Waals surface area contributed by atoms with E-state index in [2.05, 4.69) is 31.2 Å². The number of hydrogen-bond acceptors (Lipinski definition) is 2.